The van der Waals surface area contributed by atoms with Crippen LogP contribution in [0.4, 0.5) is 0 Å². The molecule has 0 aromatic heterocycles. The van der Waals surface area contributed by atoms with Gasteiger partial charge in [-0.2, -0.15) is 0 Å². The molecule has 17 heavy (non-hydrogen) atoms. The highest BCUT2D eigenvalue weighted by Gasteiger charge is 2.30. The van der Waals surface area contributed by atoms with Gasteiger partial charge in [-0.1, -0.05) is 19.3 Å². The van der Waals surface area contributed by atoms with E-state index in [1.807, 2.05) is 0 Å². The fourth-order valence-electron chi connectivity index (χ4n) is 3.53. The molecule has 100 valence electrons. The molecule has 0 bridgehead atoms. The molecule has 0 heterocycles. The molecule has 0 aromatic carbocycles. The van der Waals surface area contributed by atoms with Crippen LogP contribution < -0.4 is 16.0 Å². The Morgan fingerprint density at radius 3 is 2.12 bits per heavy atom. The average molecular weight is 239 g/mol. The van der Waals surface area contributed by atoms with Crippen molar-refractivity contribution in [3.8, 4) is 0 Å². The molecular weight excluding hydrogens is 210 g/mol. The molecule has 3 atom stereocenters. The lowest BCUT2D eigenvalue weighted by atomic mass is 9.85. The van der Waals surface area contributed by atoms with Gasteiger partial charge in [0.15, 0.2) is 0 Å². The third kappa shape index (κ3) is 3.67. The Morgan fingerprint density at radius 1 is 0.706 bits per heavy atom. The summed E-state index contributed by atoms with van der Waals surface area (Å²) in [7, 11) is 4.21. The quantitative estimate of drug-likeness (QED) is 0.698. The van der Waals surface area contributed by atoms with Gasteiger partial charge in [0.1, 0.15) is 0 Å². The van der Waals surface area contributed by atoms with E-state index in [-0.39, 0.29) is 0 Å². The molecule has 0 aromatic rings. The topological polar surface area (TPSA) is 36.1 Å². The highest BCUT2D eigenvalue weighted by molar-refractivity contribution is 4.93. The van der Waals surface area contributed by atoms with E-state index < -0.39 is 0 Å². The van der Waals surface area contributed by atoms with Gasteiger partial charge in [-0.3, -0.25) is 0 Å². The fraction of sp³-hybridized carbons (Fsp3) is 1.00. The monoisotopic (exact) mass is 239 g/mol. The summed E-state index contributed by atoms with van der Waals surface area (Å²) < 4.78 is 0. The van der Waals surface area contributed by atoms with E-state index in [0.29, 0.717) is 18.1 Å². The zero-order valence-electron chi connectivity index (χ0n) is 11.5. The summed E-state index contributed by atoms with van der Waals surface area (Å²) in [6.45, 7) is 0. The molecule has 0 saturated heterocycles. The maximum atomic E-state index is 3.92. The molecule has 3 unspecified atom stereocenters. The Hall–Kier alpha value is -0.120. The highest BCUT2D eigenvalue weighted by Crippen LogP contribution is 2.23. The Kier molecular flexibility index (Phi) is 5.26. The SMILES string of the molecule is CNC1CCC(NC)C(NC2CCCCC2)C1. The van der Waals surface area contributed by atoms with Gasteiger partial charge in [0, 0.05) is 24.2 Å². The highest BCUT2D eigenvalue weighted by atomic mass is 15.0. The van der Waals surface area contributed by atoms with Crippen molar-refractivity contribution in [3.63, 3.8) is 0 Å². The van der Waals surface area contributed by atoms with Crippen molar-refractivity contribution < 1.29 is 0 Å². The Morgan fingerprint density at radius 2 is 1.47 bits per heavy atom. The molecule has 2 aliphatic carbocycles. The van der Waals surface area contributed by atoms with E-state index in [4.69, 9.17) is 0 Å². The summed E-state index contributed by atoms with van der Waals surface area (Å²) in [6.07, 6.45) is 10.9. The molecule has 2 rings (SSSR count). The molecule has 0 radical (unpaired) electrons. The predicted octanol–water partition coefficient (Wildman–Crippen LogP) is 1.64. The van der Waals surface area contributed by atoms with Gasteiger partial charge in [-0.25, -0.2) is 0 Å². The lowest BCUT2D eigenvalue weighted by molar-refractivity contribution is 0.221. The predicted molar refractivity (Wildman–Crippen MR) is 73.3 cm³/mol. The van der Waals surface area contributed by atoms with Crippen LogP contribution in [0.15, 0.2) is 0 Å². The molecule has 2 fully saturated rings. The zero-order chi connectivity index (χ0) is 12.1. The van der Waals surface area contributed by atoms with E-state index in [1.54, 1.807) is 0 Å². The first-order valence-corrected chi connectivity index (χ1v) is 7.44. The normalized spacial score (nSPS) is 36.0. The van der Waals surface area contributed by atoms with Crippen molar-refractivity contribution in [2.45, 2.75) is 75.5 Å². The van der Waals surface area contributed by atoms with Crippen molar-refractivity contribution in [1.82, 2.24) is 16.0 Å². The number of hydrogen-bond acceptors (Lipinski definition) is 3. The second-order valence-corrected chi connectivity index (χ2v) is 5.80. The van der Waals surface area contributed by atoms with Crippen LogP contribution in [0.5, 0.6) is 0 Å². The van der Waals surface area contributed by atoms with Crippen LogP contribution in [0.2, 0.25) is 0 Å². The van der Waals surface area contributed by atoms with E-state index in [0.717, 1.165) is 6.04 Å². The molecule has 3 nitrogen and oxygen atoms in total. The summed E-state index contributed by atoms with van der Waals surface area (Å²) >= 11 is 0. The number of nitrogens with one attached hydrogen (secondary N) is 3. The fourth-order valence-corrected chi connectivity index (χ4v) is 3.53. The maximum Gasteiger partial charge on any atom is 0.0238 e. The lowest BCUT2D eigenvalue weighted by Gasteiger charge is -2.39. The van der Waals surface area contributed by atoms with Gasteiger partial charge in [0.2, 0.25) is 0 Å². The Bertz CT molecular complexity index is 214. The second kappa shape index (κ2) is 6.72. The van der Waals surface area contributed by atoms with Crippen LogP contribution in [0, 0.1) is 0 Å². The largest absolute Gasteiger partial charge is 0.317 e. The molecule has 0 amide bonds. The summed E-state index contributed by atoms with van der Waals surface area (Å²) in [5.74, 6) is 0. The third-order valence-electron chi connectivity index (χ3n) is 4.68. The molecular formula is C14H29N3. The summed E-state index contributed by atoms with van der Waals surface area (Å²) in [4.78, 5) is 0. The average Bonchev–Trinajstić information content (AvgIpc) is 2.40. The summed E-state index contributed by atoms with van der Waals surface area (Å²) in [5.41, 5.74) is 0. The van der Waals surface area contributed by atoms with Crippen LogP contribution in [0.3, 0.4) is 0 Å². The Labute approximate surface area is 106 Å². The molecule has 0 aliphatic heterocycles. The number of rotatable bonds is 4. The van der Waals surface area contributed by atoms with Crippen LogP contribution in [-0.2, 0) is 0 Å². The second-order valence-electron chi connectivity index (χ2n) is 5.80. The van der Waals surface area contributed by atoms with Crippen molar-refractivity contribution in [3.05, 3.63) is 0 Å². The van der Waals surface area contributed by atoms with Crippen LogP contribution >= 0.6 is 0 Å². The minimum atomic E-state index is 0.661. The van der Waals surface area contributed by atoms with Gasteiger partial charge in [0.25, 0.3) is 0 Å². The molecule has 2 saturated carbocycles. The standard InChI is InChI=1S/C14H29N3/c1-15-12-8-9-13(16-2)14(10-12)17-11-6-4-3-5-7-11/h11-17H,3-10H2,1-2H3. The zero-order valence-corrected chi connectivity index (χ0v) is 11.5. The van der Waals surface area contributed by atoms with E-state index in [1.165, 1.54) is 51.4 Å². The minimum Gasteiger partial charge on any atom is -0.317 e. The minimum absolute atomic E-state index is 0.661. The molecule has 3 heteroatoms. The van der Waals surface area contributed by atoms with Gasteiger partial charge in [0.05, 0.1) is 0 Å². The van der Waals surface area contributed by atoms with Crippen LogP contribution in [-0.4, -0.2) is 38.3 Å². The van der Waals surface area contributed by atoms with E-state index in [2.05, 4.69) is 30.0 Å². The van der Waals surface area contributed by atoms with Crippen molar-refractivity contribution in [2.75, 3.05) is 14.1 Å². The first-order valence-electron chi connectivity index (χ1n) is 7.44. The first kappa shape index (κ1) is 13.3. The Balaban J connectivity index is 1.85. The lowest BCUT2D eigenvalue weighted by Crippen LogP contribution is -2.56. The molecule has 3 N–H and O–H groups in total. The third-order valence-corrected chi connectivity index (χ3v) is 4.68. The number of hydrogen-bond donors (Lipinski definition) is 3. The molecule has 0 spiro atoms. The van der Waals surface area contributed by atoms with Crippen LogP contribution in [0.1, 0.15) is 51.4 Å². The summed E-state index contributed by atoms with van der Waals surface area (Å²) in [6, 6.07) is 2.82. The van der Waals surface area contributed by atoms with Crippen molar-refractivity contribution in [1.29, 1.82) is 0 Å². The van der Waals surface area contributed by atoms with Gasteiger partial charge in [-0.15, -0.1) is 0 Å². The summed E-state index contributed by atoms with van der Waals surface area (Å²) in [5, 5.41) is 10.9. The van der Waals surface area contributed by atoms with Crippen molar-refractivity contribution >= 4 is 0 Å². The van der Waals surface area contributed by atoms with Crippen molar-refractivity contribution in [2.24, 2.45) is 0 Å². The van der Waals surface area contributed by atoms with E-state index in [9.17, 15) is 0 Å². The van der Waals surface area contributed by atoms with Crippen LogP contribution in [0.25, 0.3) is 0 Å². The first-order chi connectivity index (χ1) is 8.33. The molecule has 2 aliphatic rings. The maximum absolute atomic E-state index is 3.92. The number of likely N-dealkylation sites (N-methyl/N-ethyl adjacent to an activating group) is 1. The van der Waals surface area contributed by atoms with Gasteiger partial charge >= 0.3 is 0 Å². The smallest absolute Gasteiger partial charge is 0.0238 e. The van der Waals surface area contributed by atoms with Gasteiger partial charge < -0.3 is 16.0 Å². The van der Waals surface area contributed by atoms with E-state index >= 15 is 0 Å². The van der Waals surface area contributed by atoms with Gasteiger partial charge in [-0.05, 0) is 46.2 Å².